The monoisotopic (exact) mass is 396 g/mol. The molecule has 2 heterocycles. The van der Waals surface area contributed by atoms with Crippen LogP contribution in [0.1, 0.15) is 52.4 Å². The standard InChI is InChI=1S/C22H24N2O3S/c1-15(2)16-8-10-17(11-9-16)21(19-7-5-13-28-19)23-20(25)14-24(3)22(26)18-6-4-12-27-18/h4-13,15,21H,14H2,1-3H3,(H,23,25). The molecule has 2 amide bonds. The minimum absolute atomic E-state index is 0.0501. The van der Waals surface area contributed by atoms with Crippen LogP contribution in [0.2, 0.25) is 0 Å². The van der Waals surface area contributed by atoms with Gasteiger partial charge in [0.1, 0.15) is 0 Å². The van der Waals surface area contributed by atoms with Gasteiger partial charge in [-0.25, -0.2) is 0 Å². The molecule has 1 N–H and O–H groups in total. The van der Waals surface area contributed by atoms with E-state index < -0.39 is 0 Å². The van der Waals surface area contributed by atoms with Crippen molar-refractivity contribution in [2.24, 2.45) is 0 Å². The topological polar surface area (TPSA) is 62.6 Å². The number of hydrogen-bond acceptors (Lipinski definition) is 4. The Kier molecular flexibility index (Phi) is 6.31. The van der Waals surface area contributed by atoms with Crippen LogP contribution in [-0.4, -0.2) is 30.3 Å². The zero-order valence-electron chi connectivity index (χ0n) is 16.2. The maximum Gasteiger partial charge on any atom is 0.289 e. The van der Waals surface area contributed by atoms with Crippen LogP contribution in [-0.2, 0) is 4.79 Å². The van der Waals surface area contributed by atoms with Gasteiger partial charge in [-0.3, -0.25) is 9.59 Å². The predicted molar refractivity (Wildman–Crippen MR) is 111 cm³/mol. The highest BCUT2D eigenvalue weighted by molar-refractivity contribution is 7.10. The lowest BCUT2D eigenvalue weighted by Gasteiger charge is -2.21. The van der Waals surface area contributed by atoms with Gasteiger partial charge in [-0.2, -0.15) is 0 Å². The highest BCUT2D eigenvalue weighted by atomic mass is 32.1. The van der Waals surface area contributed by atoms with E-state index in [0.29, 0.717) is 5.92 Å². The van der Waals surface area contributed by atoms with Gasteiger partial charge < -0.3 is 14.6 Å². The van der Waals surface area contributed by atoms with Crippen LogP contribution >= 0.6 is 11.3 Å². The van der Waals surface area contributed by atoms with Crippen LogP contribution in [0.4, 0.5) is 0 Å². The summed E-state index contributed by atoms with van der Waals surface area (Å²) in [6.45, 7) is 4.25. The van der Waals surface area contributed by atoms with E-state index in [4.69, 9.17) is 4.42 Å². The Morgan fingerprint density at radius 1 is 1.07 bits per heavy atom. The van der Waals surface area contributed by atoms with E-state index in [1.807, 2.05) is 17.5 Å². The first-order valence-corrected chi connectivity index (χ1v) is 10.0. The van der Waals surface area contributed by atoms with Gasteiger partial charge in [0.25, 0.3) is 5.91 Å². The molecular formula is C22H24N2O3S. The summed E-state index contributed by atoms with van der Waals surface area (Å²) in [5.74, 6) is 0.113. The summed E-state index contributed by atoms with van der Waals surface area (Å²) in [4.78, 5) is 27.3. The van der Waals surface area contributed by atoms with E-state index in [1.165, 1.54) is 16.7 Å². The Morgan fingerprint density at radius 3 is 2.36 bits per heavy atom. The summed E-state index contributed by atoms with van der Waals surface area (Å²) < 4.78 is 5.12. The van der Waals surface area contributed by atoms with Crippen molar-refractivity contribution < 1.29 is 14.0 Å². The molecule has 0 radical (unpaired) electrons. The number of benzene rings is 1. The quantitative estimate of drug-likeness (QED) is 0.642. The van der Waals surface area contributed by atoms with Gasteiger partial charge in [-0.05, 0) is 40.6 Å². The fourth-order valence-electron chi connectivity index (χ4n) is 2.93. The second-order valence-corrected chi connectivity index (χ2v) is 7.96. The van der Waals surface area contributed by atoms with Crippen molar-refractivity contribution in [1.29, 1.82) is 0 Å². The normalized spacial score (nSPS) is 12.0. The fourth-order valence-corrected chi connectivity index (χ4v) is 3.73. The lowest BCUT2D eigenvalue weighted by Crippen LogP contribution is -2.39. The third kappa shape index (κ3) is 4.70. The maximum absolute atomic E-state index is 12.7. The number of rotatable bonds is 7. The van der Waals surface area contributed by atoms with Crippen LogP contribution in [0.25, 0.3) is 0 Å². The van der Waals surface area contributed by atoms with Gasteiger partial charge in [0.05, 0.1) is 18.8 Å². The van der Waals surface area contributed by atoms with Gasteiger partial charge in [-0.15, -0.1) is 11.3 Å². The number of carbonyl (C=O) groups is 2. The van der Waals surface area contributed by atoms with Gasteiger partial charge in [-0.1, -0.05) is 44.2 Å². The van der Waals surface area contributed by atoms with E-state index in [-0.39, 0.29) is 30.2 Å². The Bertz CT molecular complexity index is 900. The van der Waals surface area contributed by atoms with E-state index in [9.17, 15) is 9.59 Å². The fraction of sp³-hybridized carbons (Fsp3) is 0.273. The van der Waals surface area contributed by atoms with Crippen LogP contribution in [0.15, 0.2) is 64.6 Å². The van der Waals surface area contributed by atoms with Gasteiger partial charge in [0, 0.05) is 11.9 Å². The zero-order valence-corrected chi connectivity index (χ0v) is 17.0. The molecule has 0 spiro atoms. The third-order valence-corrected chi connectivity index (χ3v) is 5.47. The van der Waals surface area contributed by atoms with Crippen LogP contribution in [0.5, 0.6) is 0 Å². The Morgan fingerprint density at radius 2 is 1.79 bits per heavy atom. The largest absolute Gasteiger partial charge is 0.459 e. The van der Waals surface area contributed by atoms with Crippen molar-refractivity contribution >= 4 is 23.2 Å². The molecule has 5 nitrogen and oxygen atoms in total. The molecule has 0 saturated carbocycles. The highest BCUT2D eigenvalue weighted by Crippen LogP contribution is 2.27. The third-order valence-electron chi connectivity index (χ3n) is 4.53. The van der Waals surface area contributed by atoms with Crippen molar-refractivity contribution in [1.82, 2.24) is 10.2 Å². The molecule has 0 aliphatic carbocycles. The molecule has 0 aliphatic rings. The maximum atomic E-state index is 12.7. The number of likely N-dealkylation sites (N-methyl/N-ethyl adjacent to an activating group) is 1. The number of hydrogen-bond donors (Lipinski definition) is 1. The van der Waals surface area contributed by atoms with Crippen LogP contribution in [0, 0.1) is 0 Å². The number of carbonyl (C=O) groups excluding carboxylic acids is 2. The summed E-state index contributed by atoms with van der Waals surface area (Å²) >= 11 is 1.59. The minimum Gasteiger partial charge on any atom is -0.459 e. The summed E-state index contributed by atoms with van der Waals surface area (Å²) in [5.41, 5.74) is 2.27. The average Bonchev–Trinajstić information content (AvgIpc) is 3.39. The van der Waals surface area contributed by atoms with Gasteiger partial charge in [0.2, 0.25) is 5.91 Å². The number of thiophene rings is 1. The first-order chi connectivity index (χ1) is 13.5. The smallest absolute Gasteiger partial charge is 0.289 e. The first-order valence-electron chi connectivity index (χ1n) is 9.17. The molecular weight excluding hydrogens is 372 g/mol. The summed E-state index contributed by atoms with van der Waals surface area (Å²) in [6.07, 6.45) is 1.44. The molecule has 1 unspecified atom stereocenters. The van der Waals surface area contributed by atoms with Crippen molar-refractivity contribution in [2.75, 3.05) is 13.6 Å². The van der Waals surface area contributed by atoms with Gasteiger partial charge >= 0.3 is 0 Å². The second-order valence-electron chi connectivity index (χ2n) is 6.98. The molecule has 0 fully saturated rings. The number of nitrogens with zero attached hydrogens (tertiary/aromatic N) is 1. The highest BCUT2D eigenvalue weighted by Gasteiger charge is 2.21. The molecule has 0 bridgehead atoms. The van der Waals surface area contributed by atoms with Crippen molar-refractivity contribution in [3.05, 3.63) is 81.9 Å². The SMILES string of the molecule is CC(C)c1ccc(C(NC(=O)CN(C)C(=O)c2ccco2)c2cccs2)cc1. The molecule has 0 aliphatic heterocycles. The van der Waals surface area contributed by atoms with Crippen molar-refractivity contribution in [3.63, 3.8) is 0 Å². The summed E-state index contributed by atoms with van der Waals surface area (Å²) in [7, 11) is 1.59. The molecule has 3 aromatic rings. The lowest BCUT2D eigenvalue weighted by molar-refractivity contribution is -0.122. The van der Waals surface area contributed by atoms with Gasteiger partial charge in [0.15, 0.2) is 5.76 Å². The number of nitrogens with one attached hydrogen (secondary N) is 1. The molecule has 2 aromatic heterocycles. The minimum atomic E-state index is -0.325. The Hall–Kier alpha value is -2.86. The molecule has 0 saturated heterocycles. The average molecular weight is 397 g/mol. The van der Waals surface area contributed by atoms with E-state index in [1.54, 1.807) is 30.5 Å². The Labute approximate surface area is 169 Å². The van der Waals surface area contributed by atoms with E-state index in [0.717, 1.165) is 10.4 Å². The molecule has 1 aromatic carbocycles. The predicted octanol–water partition coefficient (Wildman–Crippen LogP) is 4.44. The molecule has 3 rings (SSSR count). The zero-order chi connectivity index (χ0) is 20.1. The van der Waals surface area contributed by atoms with Crippen LogP contribution < -0.4 is 5.32 Å². The van der Waals surface area contributed by atoms with Crippen molar-refractivity contribution in [3.8, 4) is 0 Å². The van der Waals surface area contributed by atoms with Crippen molar-refractivity contribution in [2.45, 2.75) is 25.8 Å². The molecule has 6 heteroatoms. The van der Waals surface area contributed by atoms with E-state index in [2.05, 4.69) is 43.4 Å². The molecule has 28 heavy (non-hydrogen) atoms. The molecule has 1 atom stereocenters. The summed E-state index contributed by atoms with van der Waals surface area (Å²) in [6, 6.07) is 15.3. The number of amides is 2. The lowest BCUT2D eigenvalue weighted by atomic mass is 9.98. The van der Waals surface area contributed by atoms with E-state index >= 15 is 0 Å². The Balaban J connectivity index is 1.73. The first kappa shape index (κ1) is 19.9. The number of furan rings is 1. The summed E-state index contributed by atoms with van der Waals surface area (Å²) in [5, 5.41) is 5.05. The van der Waals surface area contributed by atoms with Crippen LogP contribution in [0.3, 0.4) is 0 Å². The second kappa shape index (κ2) is 8.89. The molecule has 146 valence electrons.